The molecule has 2 nitrogen and oxygen atoms in total. The molecular formula is C10H11NOS2. The molecule has 0 bridgehead atoms. The Bertz CT molecular complexity index is 328. The van der Waals surface area contributed by atoms with Crippen molar-refractivity contribution in [2.75, 3.05) is 5.32 Å². The largest absolute Gasteiger partial charge is 0.341 e. The van der Waals surface area contributed by atoms with E-state index in [1.807, 2.05) is 24.3 Å². The highest BCUT2D eigenvalue weighted by molar-refractivity contribution is 8.11. The van der Waals surface area contributed by atoms with Crippen LogP contribution in [0.3, 0.4) is 0 Å². The third-order valence-electron chi connectivity index (χ3n) is 1.70. The van der Waals surface area contributed by atoms with Crippen LogP contribution in [0.4, 0.5) is 5.69 Å². The molecule has 0 aliphatic carbocycles. The number of para-hydroxylation sites is 1. The number of thiol groups is 1. The number of ketones is 1. The fourth-order valence-electron chi connectivity index (χ4n) is 1.18. The fourth-order valence-corrected chi connectivity index (χ4v) is 1.41. The van der Waals surface area contributed by atoms with Gasteiger partial charge in [-0.1, -0.05) is 30.4 Å². The summed E-state index contributed by atoms with van der Waals surface area (Å²) in [5, 5.41) is 2.92. The zero-order chi connectivity index (χ0) is 10.6. The van der Waals surface area contributed by atoms with Crippen LogP contribution in [0, 0.1) is 0 Å². The Labute approximate surface area is 94.1 Å². The third kappa shape index (κ3) is 3.47. The minimum Gasteiger partial charge on any atom is -0.341 e. The lowest BCUT2D eigenvalue weighted by Crippen LogP contribution is -2.06. The van der Waals surface area contributed by atoms with Crippen LogP contribution in [0.15, 0.2) is 24.3 Å². The highest BCUT2D eigenvalue weighted by Gasteiger charge is 2.03. The first-order chi connectivity index (χ1) is 6.59. The lowest BCUT2D eigenvalue weighted by molar-refractivity contribution is -0.116. The number of rotatable bonds is 3. The Hall–Kier alpha value is -0.870. The van der Waals surface area contributed by atoms with Crippen LogP contribution < -0.4 is 5.32 Å². The monoisotopic (exact) mass is 225 g/mol. The molecule has 0 heterocycles. The van der Waals surface area contributed by atoms with Gasteiger partial charge in [0.05, 0.1) is 0 Å². The van der Waals surface area contributed by atoms with E-state index in [1.54, 1.807) is 6.92 Å². The first-order valence-corrected chi connectivity index (χ1v) is 5.02. The average Bonchev–Trinajstić information content (AvgIpc) is 2.06. The Morgan fingerprint density at radius 2 is 2.14 bits per heavy atom. The third-order valence-corrected chi connectivity index (χ3v) is 1.91. The normalized spacial score (nSPS) is 9.57. The second-order valence-electron chi connectivity index (χ2n) is 2.97. The number of Topliss-reactive ketones (excluding diaryl/α,β-unsaturated/α-hetero) is 1. The van der Waals surface area contributed by atoms with Crippen molar-refractivity contribution in [1.29, 1.82) is 0 Å². The molecule has 0 aliphatic heterocycles. The van der Waals surface area contributed by atoms with Crippen molar-refractivity contribution in [3.8, 4) is 0 Å². The number of carbonyl (C=O) groups excluding carboxylic acids is 1. The van der Waals surface area contributed by atoms with Crippen LogP contribution in [-0.2, 0) is 11.2 Å². The molecule has 74 valence electrons. The van der Waals surface area contributed by atoms with Gasteiger partial charge in [0.2, 0.25) is 0 Å². The molecule has 0 saturated heterocycles. The van der Waals surface area contributed by atoms with Gasteiger partial charge < -0.3 is 5.32 Å². The van der Waals surface area contributed by atoms with Gasteiger partial charge in [0.1, 0.15) is 10.1 Å². The summed E-state index contributed by atoms with van der Waals surface area (Å²) < 4.78 is 0.404. The molecule has 0 atom stereocenters. The zero-order valence-corrected chi connectivity index (χ0v) is 9.49. The van der Waals surface area contributed by atoms with Gasteiger partial charge in [0, 0.05) is 12.1 Å². The Morgan fingerprint density at radius 1 is 1.50 bits per heavy atom. The van der Waals surface area contributed by atoms with E-state index in [2.05, 4.69) is 17.9 Å². The Morgan fingerprint density at radius 3 is 2.71 bits per heavy atom. The summed E-state index contributed by atoms with van der Waals surface area (Å²) in [5.74, 6) is 0.129. The molecule has 1 rings (SSSR count). The van der Waals surface area contributed by atoms with E-state index in [0.717, 1.165) is 11.3 Å². The summed E-state index contributed by atoms with van der Waals surface area (Å²) in [6.45, 7) is 1.57. The van der Waals surface area contributed by atoms with Crippen LogP contribution in [-0.4, -0.2) is 10.1 Å². The van der Waals surface area contributed by atoms with E-state index >= 15 is 0 Å². The van der Waals surface area contributed by atoms with Gasteiger partial charge >= 0.3 is 0 Å². The summed E-state index contributed by atoms with van der Waals surface area (Å²) in [6.07, 6.45) is 0.416. The minimum atomic E-state index is 0.129. The zero-order valence-electron chi connectivity index (χ0n) is 7.78. The molecule has 0 aliphatic rings. The number of hydrogen-bond acceptors (Lipinski definition) is 2. The molecule has 0 unspecified atom stereocenters. The SMILES string of the molecule is CC(=O)Cc1ccccc1NC(=S)S. The van der Waals surface area contributed by atoms with Crippen LogP contribution in [0.1, 0.15) is 12.5 Å². The number of carbonyl (C=O) groups is 1. The van der Waals surface area contributed by atoms with Crippen molar-refractivity contribution in [1.82, 2.24) is 0 Å². The van der Waals surface area contributed by atoms with Crippen molar-refractivity contribution in [2.24, 2.45) is 0 Å². The van der Waals surface area contributed by atoms with E-state index in [4.69, 9.17) is 12.2 Å². The van der Waals surface area contributed by atoms with Gasteiger partial charge in [-0.25, -0.2) is 0 Å². The van der Waals surface area contributed by atoms with Crippen LogP contribution >= 0.6 is 24.8 Å². The maximum atomic E-state index is 11.0. The maximum absolute atomic E-state index is 11.0. The highest BCUT2D eigenvalue weighted by Crippen LogP contribution is 2.16. The van der Waals surface area contributed by atoms with E-state index in [1.165, 1.54) is 0 Å². The molecule has 1 N–H and O–H groups in total. The van der Waals surface area contributed by atoms with E-state index in [9.17, 15) is 4.79 Å². The van der Waals surface area contributed by atoms with Gasteiger partial charge in [-0.05, 0) is 18.6 Å². The molecule has 0 aromatic heterocycles. The van der Waals surface area contributed by atoms with Crippen molar-refractivity contribution in [3.05, 3.63) is 29.8 Å². The number of hydrogen-bond donors (Lipinski definition) is 2. The Balaban J connectivity index is 2.90. The van der Waals surface area contributed by atoms with Gasteiger partial charge in [0.25, 0.3) is 0 Å². The second-order valence-corrected chi connectivity index (χ2v) is 4.12. The number of benzene rings is 1. The first kappa shape index (κ1) is 11.2. The maximum Gasteiger partial charge on any atom is 0.135 e. The predicted octanol–water partition coefficient (Wildman–Crippen LogP) is 2.44. The summed E-state index contributed by atoms with van der Waals surface area (Å²) in [7, 11) is 0. The minimum absolute atomic E-state index is 0.129. The first-order valence-electron chi connectivity index (χ1n) is 4.17. The number of nitrogens with one attached hydrogen (secondary N) is 1. The molecule has 4 heteroatoms. The molecule has 1 aromatic carbocycles. The molecule has 0 spiro atoms. The lowest BCUT2D eigenvalue weighted by atomic mass is 10.1. The average molecular weight is 225 g/mol. The summed E-state index contributed by atoms with van der Waals surface area (Å²) >= 11 is 8.80. The van der Waals surface area contributed by atoms with Crippen molar-refractivity contribution >= 4 is 40.6 Å². The van der Waals surface area contributed by atoms with Crippen molar-refractivity contribution in [2.45, 2.75) is 13.3 Å². The molecule has 0 radical (unpaired) electrons. The highest BCUT2D eigenvalue weighted by atomic mass is 32.1. The second kappa shape index (κ2) is 5.12. The van der Waals surface area contributed by atoms with Gasteiger partial charge in [-0.15, -0.1) is 12.6 Å². The van der Waals surface area contributed by atoms with Crippen LogP contribution in [0.25, 0.3) is 0 Å². The van der Waals surface area contributed by atoms with Gasteiger partial charge in [-0.2, -0.15) is 0 Å². The molecule has 0 saturated carbocycles. The number of anilines is 1. The molecular weight excluding hydrogens is 214 g/mol. The van der Waals surface area contributed by atoms with Crippen molar-refractivity contribution in [3.63, 3.8) is 0 Å². The molecule has 0 amide bonds. The molecule has 1 aromatic rings. The Kier molecular flexibility index (Phi) is 4.10. The quantitative estimate of drug-likeness (QED) is 0.611. The molecule has 0 fully saturated rings. The van der Waals surface area contributed by atoms with E-state index < -0.39 is 0 Å². The molecule has 14 heavy (non-hydrogen) atoms. The van der Waals surface area contributed by atoms with E-state index in [-0.39, 0.29) is 5.78 Å². The summed E-state index contributed by atoms with van der Waals surface area (Å²) in [5.41, 5.74) is 1.79. The van der Waals surface area contributed by atoms with Crippen LogP contribution in [0.2, 0.25) is 0 Å². The summed E-state index contributed by atoms with van der Waals surface area (Å²) in [4.78, 5) is 11.0. The standard InChI is InChI=1S/C10H11NOS2/c1-7(12)6-8-4-2-3-5-9(8)11-10(13)14/h2-5H,6H2,1H3,(H2,11,13,14). The lowest BCUT2D eigenvalue weighted by Gasteiger charge is -2.08. The van der Waals surface area contributed by atoms with E-state index in [0.29, 0.717) is 10.7 Å². The summed E-state index contributed by atoms with van der Waals surface area (Å²) in [6, 6.07) is 7.56. The number of thiocarbonyl (C=S) groups is 1. The van der Waals surface area contributed by atoms with Gasteiger partial charge in [0.15, 0.2) is 0 Å². The van der Waals surface area contributed by atoms with Gasteiger partial charge in [-0.3, -0.25) is 4.79 Å². The van der Waals surface area contributed by atoms with Crippen LogP contribution in [0.5, 0.6) is 0 Å². The topological polar surface area (TPSA) is 29.1 Å². The smallest absolute Gasteiger partial charge is 0.135 e. The van der Waals surface area contributed by atoms with Crippen molar-refractivity contribution < 1.29 is 4.79 Å². The predicted molar refractivity (Wildman–Crippen MR) is 66.0 cm³/mol. The fraction of sp³-hybridized carbons (Fsp3) is 0.200.